The van der Waals surface area contributed by atoms with Crippen molar-refractivity contribution in [2.45, 2.75) is 18.7 Å². The monoisotopic (exact) mass is 307 g/mol. The highest BCUT2D eigenvalue weighted by atomic mass is 32.2. The lowest BCUT2D eigenvalue weighted by Crippen LogP contribution is -2.08. The maximum atomic E-state index is 11.5. The molecule has 0 bridgehead atoms. The summed E-state index contributed by atoms with van der Waals surface area (Å²) < 4.78 is 11.9. The Morgan fingerprint density at radius 2 is 2.05 bits per heavy atom. The molecule has 1 aromatic carbocycles. The number of hydrogen-bond donors (Lipinski definition) is 0. The molecule has 0 amide bonds. The first-order chi connectivity index (χ1) is 10.3. The molecule has 0 N–H and O–H groups in total. The molecular weight excluding hydrogens is 290 g/mol. The molecule has 6 nitrogen and oxygen atoms in total. The summed E-state index contributed by atoms with van der Waals surface area (Å²) in [6.45, 7) is 2.51. The summed E-state index contributed by atoms with van der Waals surface area (Å²) >= 11 is 1.30. The number of esters is 1. The number of methoxy groups -OCH3 is 1. The second-order valence-corrected chi connectivity index (χ2v) is 5.04. The van der Waals surface area contributed by atoms with Crippen LogP contribution in [0.1, 0.15) is 12.7 Å². The van der Waals surface area contributed by atoms with E-state index in [1.807, 2.05) is 34.9 Å². The predicted octanol–water partition coefficient (Wildman–Crippen LogP) is 2.07. The third-order valence-electron chi connectivity index (χ3n) is 2.61. The molecule has 0 saturated carbocycles. The fourth-order valence-electron chi connectivity index (χ4n) is 1.78. The maximum absolute atomic E-state index is 11.5. The molecule has 0 aliphatic carbocycles. The van der Waals surface area contributed by atoms with Gasteiger partial charge >= 0.3 is 5.97 Å². The van der Waals surface area contributed by atoms with Crippen molar-refractivity contribution in [2.24, 2.45) is 0 Å². The summed E-state index contributed by atoms with van der Waals surface area (Å²) in [5.74, 6) is 0.625. The summed E-state index contributed by atoms with van der Waals surface area (Å²) in [7, 11) is 1.61. The highest BCUT2D eigenvalue weighted by molar-refractivity contribution is 7.99. The number of nitrogens with zero attached hydrogens (tertiary/aromatic N) is 3. The molecule has 0 spiro atoms. The molecule has 0 fully saturated rings. The molecule has 21 heavy (non-hydrogen) atoms. The van der Waals surface area contributed by atoms with E-state index in [1.54, 1.807) is 14.0 Å². The molecule has 0 aliphatic rings. The van der Waals surface area contributed by atoms with Crippen molar-refractivity contribution in [3.05, 3.63) is 36.2 Å². The van der Waals surface area contributed by atoms with Crippen LogP contribution in [-0.4, -0.2) is 40.2 Å². The topological polar surface area (TPSA) is 66.2 Å². The summed E-state index contributed by atoms with van der Waals surface area (Å²) in [4.78, 5) is 11.5. The molecule has 1 heterocycles. The highest BCUT2D eigenvalue weighted by Gasteiger charge is 2.15. The van der Waals surface area contributed by atoms with E-state index in [2.05, 4.69) is 10.2 Å². The zero-order chi connectivity index (χ0) is 15.1. The number of carbonyl (C=O) groups excluding carboxylic acids is 1. The minimum absolute atomic E-state index is 0.200. The first-order valence-electron chi connectivity index (χ1n) is 6.53. The average Bonchev–Trinajstić information content (AvgIpc) is 2.90. The summed E-state index contributed by atoms with van der Waals surface area (Å²) in [5, 5.41) is 8.89. The van der Waals surface area contributed by atoms with Gasteiger partial charge in [0, 0.05) is 12.8 Å². The molecule has 2 aromatic rings. The molecule has 7 heteroatoms. The van der Waals surface area contributed by atoms with E-state index < -0.39 is 0 Å². The van der Waals surface area contributed by atoms with Gasteiger partial charge in [0.15, 0.2) is 11.0 Å². The van der Waals surface area contributed by atoms with Crippen LogP contribution in [0.3, 0.4) is 0 Å². The van der Waals surface area contributed by atoms with Crippen molar-refractivity contribution in [1.82, 2.24) is 14.8 Å². The second-order valence-electron chi connectivity index (χ2n) is 4.10. The van der Waals surface area contributed by atoms with Crippen molar-refractivity contribution < 1.29 is 14.3 Å². The van der Waals surface area contributed by atoms with E-state index in [-0.39, 0.29) is 11.7 Å². The largest absolute Gasteiger partial charge is 0.465 e. The van der Waals surface area contributed by atoms with Crippen LogP contribution in [0.15, 0.2) is 35.5 Å². The van der Waals surface area contributed by atoms with Crippen LogP contribution in [0.4, 0.5) is 0 Å². The smallest absolute Gasteiger partial charge is 0.316 e. The summed E-state index contributed by atoms with van der Waals surface area (Å²) in [6, 6.07) is 9.72. The van der Waals surface area contributed by atoms with Crippen LogP contribution in [0.25, 0.3) is 5.69 Å². The molecule has 0 atom stereocenters. The lowest BCUT2D eigenvalue weighted by Gasteiger charge is -2.09. The van der Waals surface area contributed by atoms with Crippen LogP contribution in [0, 0.1) is 0 Å². The maximum Gasteiger partial charge on any atom is 0.316 e. The second kappa shape index (κ2) is 7.80. The summed E-state index contributed by atoms with van der Waals surface area (Å²) in [6.07, 6.45) is 0. The van der Waals surface area contributed by atoms with Gasteiger partial charge in [-0.1, -0.05) is 30.0 Å². The highest BCUT2D eigenvalue weighted by Crippen LogP contribution is 2.22. The Morgan fingerprint density at radius 3 is 2.71 bits per heavy atom. The van der Waals surface area contributed by atoms with Gasteiger partial charge in [-0.05, 0) is 19.1 Å². The van der Waals surface area contributed by atoms with Gasteiger partial charge in [-0.25, -0.2) is 0 Å². The Bertz CT molecular complexity index is 586. The van der Waals surface area contributed by atoms with Crippen LogP contribution in [0.2, 0.25) is 0 Å². The van der Waals surface area contributed by atoms with Crippen LogP contribution in [0.5, 0.6) is 0 Å². The number of ether oxygens (including phenoxy) is 2. The normalized spacial score (nSPS) is 10.6. The van der Waals surface area contributed by atoms with Crippen LogP contribution in [-0.2, 0) is 20.9 Å². The van der Waals surface area contributed by atoms with E-state index in [9.17, 15) is 4.79 Å². The molecule has 2 rings (SSSR count). The molecule has 0 radical (unpaired) electrons. The third-order valence-corrected chi connectivity index (χ3v) is 3.52. The van der Waals surface area contributed by atoms with Gasteiger partial charge in [0.2, 0.25) is 0 Å². The Balaban J connectivity index is 2.23. The van der Waals surface area contributed by atoms with Crippen molar-refractivity contribution >= 4 is 17.7 Å². The SMILES string of the molecule is CCOC(=O)CSc1nnc(COC)n1-c1ccccc1. The first kappa shape index (κ1) is 15.5. The van der Waals surface area contributed by atoms with Gasteiger partial charge in [-0.3, -0.25) is 9.36 Å². The standard InChI is InChI=1S/C14H17N3O3S/c1-3-20-13(18)10-21-14-16-15-12(9-19-2)17(14)11-7-5-4-6-8-11/h4-8H,3,9-10H2,1-2H3. The van der Waals surface area contributed by atoms with Crippen molar-refractivity contribution in [3.63, 3.8) is 0 Å². The van der Waals surface area contributed by atoms with Crippen LogP contribution < -0.4 is 0 Å². The van der Waals surface area contributed by atoms with Crippen LogP contribution >= 0.6 is 11.8 Å². The minimum atomic E-state index is -0.265. The van der Waals surface area contributed by atoms with Gasteiger partial charge in [-0.15, -0.1) is 10.2 Å². The molecule has 112 valence electrons. The number of rotatable bonds is 7. The van der Waals surface area contributed by atoms with Gasteiger partial charge < -0.3 is 9.47 Å². The number of aromatic nitrogens is 3. The molecule has 0 saturated heterocycles. The lowest BCUT2D eigenvalue weighted by molar-refractivity contribution is -0.139. The number of benzene rings is 1. The van der Waals surface area contributed by atoms with Crippen molar-refractivity contribution in [1.29, 1.82) is 0 Å². The zero-order valence-electron chi connectivity index (χ0n) is 12.0. The quantitative estimate of drug-likeness (QED) is 0.576. The fraction of sp³-hybridized carbons (Fsp3) is 0.357. The van der Waals surface area contributed by atoms with Gasteiger partial charge in [0.25, 0.3) is 0 Å². The van der Waals surface area contributed by atoms with Crippen molar-refractivity contribution in [2.75, 3.05) is 19.5 Å². The average molecular weight is 307 g/mol. The number of thioether (sulfide) groups is 1. The van der Waals surface area contributed by atoms with Gasteiger partial charge in [0.05, 0.1) is 12.4 Å². The Morgan fingerprint density at radius 1 is 1.29 bits per heavy atom. The van der Waals surface area contributed by atoms with Crippen molar-refractivity contribution in [3.8, 4) is 5.69 Å². The first-order valence-corrected chi connectivity index (χ1v) is 7.52. The molecule has 0 aliphatic heterocycles. The van der Waals surface area contributed by atoms with E-state index in [0.717, 1.165) is 5.69 Å². The Labute approximate surface area is 127 Å². The molecule has 1 aromatic heterocycles. The lowest BCUT2D eigenvalue weighted by atomic mass is 10.3. The summed E-state index contributed by atoms with van der Waals surface area (Å²) in [5.41, 5.74) is 0.931. The number of hydrogen-bond acceptors (Lipinski definition) is 6. The van der Waals surface area contributed by atoms with E-state index >= 15 is 0 Å². The molecular formula is C14H17N3O3S. The number of para-hydroxylation sites is 1. The third kappa shape index (κ3) is 4.05. The van der Waals surface area contributed by atoms with Gasteiger partial charge in [-0.2, -0.15) is 0 Å². The van der Waals surface area contributed by atoms with Gasteiger partial charge in [0.1, 0.15) is 6.61 Å². The van der Waals surface area contributed by atoms with E-state index in [1.165, 1.54) is 11.8 Å². The zero-order valence-corrected chi connectivity index (χ0v) is 12.8. The predicted molar refractivity (Wildman–Crippen MR) is 79.4 cm³/mol. The number of carbonyl (C=O) groups is 1. The Kier molecular flexibility index (Phi) is 5.77. The molecule has 0 unspecified atom stereocenters. The minimum Gasteiger partial charge on any atom is -0.465 e. The van der Waals surface area contributed by atoms with E-state index in [0.29, 0.717) is 24.2 Å². The fourth-order valence-corrected chi connectivity index (χ4v) is 2.55. The Hall–Kier alpha value is -1.86. The van der Waals surface area contributed by atoms with E-state index in [4.69, 9.17) is 9.47 Å².